The average Bonchev–Trinajstić information content (AvgIpc) is 3.29. The quantitative estimate of drug-likeness (QED) is 0.447. The van der Waals surface area contributed by atoms with Gasteiger partial charge >= 0.3 is 0 Å². The normalized spacial score (nSPS) is 10.8. The maximum Gasteiger partial charge on any atom is 0.236 e. The Hall–Kier alpha value is -2.85. The van der Waals surface area contributed by atoms with Crippen LogP contribution in [0.5, 0.6) is 5.75 Å². The van der Waals surface area contributed by atoms with Gasteiger partial charge in [0.25, 0.3) is 0 Å². The fourth-order valence-corrected chi connectivity index (χ4v) is 3.48. The molecule has 2 heterocycles. The number of aromatic nitrogens is 1. The van der Waals surface area contributed by atoms with Gasteiger partial charge in [-0.2, -0.15) is 0 Å². The molecule has 25 heavy (non-hydrogen) atoms. The first-order valence-corrected chi connectivity index (χ1v) is 8.91. The number of aryl methyl sites for hydroxylation is 1. The van der Waals surface area contributed by atoms with Gasteiger partial charge in [0.05, 0.1) is 4.88 Å². The maximum absolute atomic E-state index is 5.86. The van der Waals surface area contributed by atoms with Gasteiger partial charge in [-0.05, 0) is 36.8 Å². The minimum absolute atomic E-state index is 0.399. The Kier molecular flexibility index (Phi) is 4.36. The third-order valence-electron chi connectivity index (χ3n) is 3.89. The Morgan fingerprint density at radius 3 is 2.32 bits per heavy atom. The van der Waals surface area contributed by atoms with Crippen molar-refractivity contribution in [2.24, 2.45) is 0 Å². The van der Waals surface area contributed by atoms with Gasteiger partial charge in [0.15, 0.2) is 0 Å². The molecule has 4 aromatic rings. The molecule has 0 aliphatic carbocycles. The predicted octanol–water partition coefficient (Wildman–Crippen LogP) is 5.96. The van der Waals surface area contributed by atoms with E-state index in [0.717, 1.165) is 22.1 Å². The van der Waals surface area contributed by atoms with Gasteiger partial charge in [0.2, 0.25) is 5.89 Å². The molecule has 0 aliphatic heterocycles. The summed E-state index contributed by atoms with van der Waals surface area (Å²) in [4.78, 5) is 6.84. The number of thiophene rings is 1. The molecular formula is C21H17NO2S. The van der Waals surface area contributed by atoms with Crippen LogP contribution >= 0.6 is 11.3 Å². The first-order chi connectivity index (χ1) is 12.3. The number of hydrogen-bond donors (Lipinski definition) is 0. The number of nitrogens with zero attached hydrogens (tertiary/aromatic N) is 1. The Labute approximate surface area is 150 Å². The molecule has 2 aromatic carbocycles. The highest BCUT2D eigenvalue weighted by Gasteiger charge is 2.14. The van der Waals surface area contributed by atoms with Crippen LogP contribution in [0.4, 0.5) is 0 Å². The predicted molar refractivity (Wildman–Crippen MR) is 101 cm³/mol. The molecule has 0 amide bonds. The van der Waals surface area contributed by atoms with Crippen LogP contribution in [0.3, 0.4) is 0 Å². The van der Waals surface area contributed by atoms with Crippen molar-refractivity contribution in [2.75, 3.05) is 0 Å². The molecule has 0 spiro atoms. The molecule has 0 aliphatic rings. The summed E-state index contributed by atoms with van der Waals surface area (Å²) in [6, 6.07) is 24.2. The molecular weight excluding hydrogens is 330 g/mol. The van der Waals surface area contributed by atoms with E-state index in [9.17, 15) is 0 Å². The summed E-state index contributed by atoms with van der Waals surface area (Å²) in [5.41, 5.74) is 2.03. The Morgan fingerprint density at radius 2 is 1.56 bits per heavy atom. The van der Waals surface area contributed by atoms with Gasteiger partial charge < -0.3 is 9.15 Å². The summed E-state index contributed by atoms with van der Waals surface area (Å²) in [6.07, 6.45) is 0. The van der Waals surface area contributed by atoms with Crippen molar-refractivity contribution in [1.82, 2.24) is 4.98 Å². The zero-order valence-electron chi connectivity index (χ0n) is 13.8. The monoisotopic (exact) mass is 347 g/mol. The summed E-state index contributed by atoms with van der Waals surface area (Å²) < 4.78 is 11.6. The fraction of sp³-hybridized carbons (Fsp3) is 0.0952. The minimum atomic E-state index is 0.399. The topological polar surface area (TPSA) is 35.3 Å². The van der Waals surface area contributed by atoms with Crippen LogP contribution < -0.4 is 4.74 Å². The number of oxazole rings is 1. The van der Waals surface area contributed by atoms with Crippen molar-refractivity contribution >= 4 is 11.3 Å². The first kappa shape index (κ1) is 15.7. The maximum atomic E-state index is 5.86. The molecule has 0 fully saturated rings. The van der Waals surface area contributed by atoms with Crippen molar-refractivity contribution in [1.29, 1.82) is 0 Å². The summed E-state index contributed by atoms with van der Waals surface area (Å²) in [5.74, 6) is 2.27. The van der Waals surface area contributed by atoms with Crippen LogP contribution in [0.2, 0.25) is 0 Å². The summed E-state index contributed by atoms with van der Waals surface area (Å²) in [7, 11) is 0. The van der Waals surface area contributed by atoms with Gasteiger partial charge in [0.1, 0.15) is 23.8 Å². The zero-order chi connectivity index (χ0) is 17.1. The molecule has 0 radical (unpaired) electrons. The Balaban J connectivity index is 1.53. The Morgan fingerprint density at radius 1 is 0.880 bits per heavy atom. The number of ether oxygens (including phenoxy) is 1. The number of benzene rings is 2. The van der Waals surface area contributed by atoms with Gasteiger partial charge in [-0.1, -0.05) is 48.5 Å². The van der Waals surface area contributed by atoms with Crippen molar-refractivity contribution in [3.63, 3.8) is 0 Å². The van der Waals surface area contributed by atoms with Crippen LogP contribution in [0, 0.1) is 6.92 Å². The number of para-hydroxylation sites is 1. The summed E-state index contributed by atoms with van der Waals surface area (Å²) in [5, 5.41) is 0. The van der Waals surface area contributed by atoms with Crippen LogP contribution in [0.15, 0.2) is 77.2 Å². The lowest BCUT2D eigenvalue weighted by Crippen LogP contribution is -1.97. The number of rotatable bonds is 5. The molecule has 124 valence electrons. The molecule has 0 atom stereocenters. The van der Waals surface area contributed by atoms with Gasteiger partial charge in [-0.3, -0.25) is 0 Å². The first-order valence-electron chi connectivity index (χ1n) is 8.09. The molecule has 0 N–H and O–H groups in total. The fourth-order valence-electron chi connectivity index (χ4n) is 2.55. The van der Waals surface area contributed by atoms with E-state index in [-0.39, 0.29) is 0 Å². The van der Waals surface area contributed by atoms with Crippen molar-refractivity contribution in [2.45, 2.75) is 13.5 Å². The third kappa shape index (κ3) is 3.49. The van der Waals surface area contributed by atoms with Crippen molar-refractivity contribution < 1.29 is 9.15 Å². The van der Waals surface area contributed by atoms with Gasteiger partial charge in [0, 0.05) is 4.88 Å². The smallest absolute Gasteiger partial charge is 0.236 e. The second kappa shape index (κ2) is 6.95. The number of hydrogen-bond acceptors (Lipinski definition) is 4. The van der Waals surface area contributed by atoms with Crippen LogP contribution in [-0.2, 0) is 6.61 Å². The van der Waals surface area contributed by atoms with E-state index in [0.29, 0.717) is 12.5 Å². The third-order valence-corrected chi connectivity index (χ3v) is 5.01. The van der Waals surface area contributed by atoms with Gasteiger partial charge in [-0.25, -0.2) is 4.98 Å². The molecule has 0 saturated carbocycles. The van der Waals surface area contributed by atoms with Crippen molar-refractivity contribution in [3.8, 4) is 27.0 Å². The van der Waals surface area contributed by atoms with E-state index in [1.807, 2.05) is 55.5 Å². The minimum Gasteiger partial charge on any atom is -0.487 e. The zero-order valence-corrected chi connectivity index (χ0v) is 14.6. The van der Waals surface area contributed by atoms with E-state index in [1.54, 1.807) is 11.3 Å². The second-order valence-corrected chi connectivity index (χ2v) is 6.74. The van der Waals surface area contributed by atoms with E-state index in [4.69, 9.17) is 9.15 Å². The molecule has 3 nitrogen and oxygen atoms in total. The van der Waals surface area contributed by atoms with Crippen LogP contribution in [0.1, 0.15) is 11.5 Å². The lowest BCUT2D eigenvalue weighted by molar-refractivity contribution is 0.299. The van der Waals surface area contributed by atoms with E-state index in [1.165, 1.54) is 10.4 Å². The van der Waals surface area contributed by atoms with E-state index in [2.05, 4.69) is 29.2 Å². The molecule has 0 saturated heterocycles. The summed E-state index contributed by atoms with van der Waals surface area (Å²) in [6.45, 7) is 2.32. The van der Waals surface area contributed by atoms with Gasteiger partial charge in [-0.15, -0.1) is 11.3 Å². The summed E-state index contributed by atoms with van der Waals surface area (Å²) >= 11 is 1.68. The van der Waals surface area contributed by atoms with Crippen LogP contribution in [0.25, 0.3) is 21.2 Å². The Bertz CT molecular complexity index is 958. The SMILES string of the molecule is Cc1oc(-c2ccc(-c3ccccc3)s2)nc1COc1ccccc1. The highest BCUT2D eigenvalue weighted by molar-refractivity contribution is 7.18. The molecule has 4 rings (SSSR count). The molecule has 4 heteroatoms. The standard InChI is InChI=1S/C21H17NO2S/c1-15-18(14-23-17-10-6-3-7-11-17)22-21(24-15)20-13-12-19(25-20)16-8-4-2-5-9-16/h2-13H,14H2,1H3. The lowest BCUT2D eigenvalue weighted by atomic mass is 10.2. The largest absolute Gasteiger partial charge is 0.487 e. The van der Waals surface area contributed by atoms with Crippen LogP contribution in [-0.4, -0.2) is 4.98 Å². The molecule has 0 unspecified atom stereocenters. The highest BCUT2D eigenvalue weighted by Crippen LogP contribution is 2.34. The highest BCUT2D eigenvalue weighted by atomic mass is 32.1. The second-order valence-electron chi connectivity index (χ2n) is 5.65. The lowest BCUT2D eigenvalue weighted by Gasteiger charge is -2.03. The van der Waals surface area contributed by atoms with Crippen molar-refractivity contribution in [3.05, 3.63) is 84.3 Å². The molecule has 0 bridgehead atoms. The van der Waals surface area contributed by atoms with E-state index >= 15 is 0 Å². The van der Waals surface area contributed by atoms with E-state index < -0.39 is 0 Å². The molecule has 2 aromatic heterocycles. The average molecular weight is 347 g/mol.